The second-order valence-electron chi connectivity index (χ2n) is 6.76. The molecule has 0 aliphatic rings. The number of nitrogens with zero attached hydrogens (tertiary/aromatic N) is 1. The van der Waals surface area contributed by atoms with Crippen molar-refractivity contribution < 1.29 is 9.53 Å². The van der Waals surface area contributed by atoms with E-state index in [1.165, 1.54) is 0 Å². The highest BCUT2D eigenvalue weighted by molar-refractivity contribution is 6.03. The summed E-state index contributed by atoms with van der Waals surface area (Å²) in [7, 11) is 0. The molecule has 30 heavy (non-hydrogen) atoms. The third kappa shape index (κ3) is 4.31. The molecular formula is C25H21N3O2. The van der Waals surface area contributed by atoms with E-state index in [-0.39, 0.29) is 5.91 Å². The molecule has 0 heterocycles. The number of hydrogen-bond acceptors (Lipinski definition) is 4. The summed E-state index contributed by atoms with van der Waals surface area (Å²) in [5.41, 5.74) is 11.1. The number of hydrazone groups is 1. The lowest BCUT2D eigenvalue weighted by Gasteiger charge is -2.12. The van der Waals surface area contributed by atoms with Crippen molar-refractivity contribution >= 4 is 28.6 Å². The highest BCUT2D eigenvalue weighted by Gasteiger charge is 2.10. The zero-order chi connectivity index (χ0) is 20.8. The van der Waals surface area contributed by atoms with Crippen molar-refractivity contribution in [2.24, 2.45) is 5.10 Å². The van der Waals surface area contributed by atoms with E-state index in [0.717, 1.165) is 21.9 Å². The smallest absolute Gasteiger partial charge is 0.273 e. The van der Waals surface area contributed by atoms with Crippen LogP contribution in [-0.2, 0) is 6.61 Å². The minimum atomic E-state index is -0.364. The predicted octanol–water partition coefficient (Wildman–Crippen LogP) is 4.76. The number of ether oxygens (including phenoxy) is 1. The Balaban J connectivity index is 1.60. The standard InChI is InChI=1S/C25H21N3O2/c26-23-13-7-6-12-21(23)25(29)28-27-16-22-20-11-5-4-10-19(20)14-15-24(22)30-17-18-8-2-1-3-9-18/h1-16H,17,26H2,(H,28,29)/b27-16+. The van der Waals surface area contributed by atoms with Gasteiger partial charge < -0.3 is 10.5 Å². The van der Waals surface area contributed by atoms with Crippen molar-refractivity contribution in [2.75, 3.05) is 5.73 Å². The molecule has 148 valence electrons. The third-order valence-corrected chi connectivity index (χ3v) is 4.73. The number of carbonyl (C=O) groups is 1. The third-order valence-electron chi connectivity index (χ3n) is 4.73. The Kier molecular flexibility index (Phi) is 5.71. The van der Waals surface area contributed by atoms with Gasteiger partial charge in [-0.05, 0) is 34.5 Å². The van der Waals surface area contributed by atoms with Crippen LogP contribution in [0, 0.1) is 0 Å². The van der Waals surface area contributed by atoms with E-state index in [2.05, 4.69) is 10.5 Å². The maximum Gasteiger partial charge on any atom is 0.273 e. The quantitative estimate of drug-likeness (QED) is 0.281. The minimum absolute atomic E-state index is 0.364. The first-order valence-electron chi connectivity index (χ1n) is 9.59. The largest absolute Gasteiger partial charge is 0.488 e. The normalized spacial score (nSPS) is 10.9. The summed E-state index contributed by atoms with van der Waals surface area (Å²) in [6.07, 6.45) is 1.61. The number of nitrogens with two attached hydrogens (primary N) is 1. The first-order chi connectivity index (χ1) is 14.7. The number of fused-ring (bicyclic) bond motifs is 1. The number of nitrogens with one attached hydrogen (secondary N) is 1. The van der Waals surface area contributed by atoms with Gasteiger partial charge in [0.05, 0.1) is 11.8 Å². The van der Waals surface area contributed by atoms with Gasteiger partial charge in [-0.25, -0.2) is 5.43 Å². The van der Waals surface area contributed by atoms with E-state index in [1.807, 2.05) is 66.7 Å². The van der Waals surface area contributed by atoms with Gasteiger partial charge in [0, 0.05) is 11.3 Å². The SMILES string of the molecule is Nc1ccccc1C(=O)N/N=C/c1c(OCc2ccccc2)ccc2ccccc12. The van der Waals surface area contributed by atoms with Crippen LogP contribution >= 0.6 is 0 Å². The summed E-state index contributed by atoms with van der Waals surface area (Å²) in [4.78, 5) is 12.4. The lowest BCUT2D eigenvalue weighted by Crippen LogP contribution is -2.19. The number of rotatable bonds is 6. The van der Waals surface area contributed by atoms with E-state index in [0.29, 0.717) is 23.6 Å². The highest BCUT2D eigenvalue weighted by atomic mass is 16.5. The fourth-order valence-corrected chi connectivity index (χ4v) is 3.19. The van der Waals surface area contributed by atoms with E-state index < -0.39 is 0 Å². The van der Waals surface area contributed by atoms with Gasteiger partial charge in [0.1, 0.15) is 12.4 Å². The number of nitrogen functional groups attached to an aromatic ring is 1. The second kappa shape index (κ2) is 8.92. The Morgan fingerprint density at radius 1 is 0.900 bits per heavy atom. The zero-order valence-electron chi connectivity index (χ0n) is 16.3. The molecule has 4 aromatic rings. The molecule has 0 fully saturated rings. The van der Waals surface area contributed by atoms with Gasteiger partial charge in [0.25, 0.3) is 5.91 Å². The van der Waals surface area contributed by atoms with E-state index in [4.69, 9.17) is 10.5 Å². The molecule has 3 N–H and O–H groups in total. The maximum atomic E-state index is 12.4. The maximum absolute atomic E-state index is 12.4. The molecule has 0 unspecified atom stereocenters. The van der Waals surface area contributed by atoms with Crippen LogP contribution in [0.4, 0.5) is 5.69 Å². The molecule has 5 nitrogen and oxygen atoms in total. The van der Waals surface area contributed by atoms with Crippen LogP contribution in [0.3, 0.4) is 0 Å². The van der Waals surface area contributed by atoms with E-state index in [9.17, 15) is 4.79 Å². The number of hydrogen-bond donors (Lipinski definition) is 2. The van der Waals surface area contributed by atoms with Crippen molar-refractivity contribution in [1.82, 2.24) is 5.43 Å². The summed E-state index contributed by atoms with van der Waals surface area (Å²) in [6.45, 7) is 0.437. The van der Waals surface area contributed by atoms with Gasteiger partial charge in [0.2, 0.25) is 0 Å². The van der Waals surface area contributed by atoms with Crippen LogP contribution in [0.25, 0.3) is 10.8 Å². The van der Waals surface area contributed by atoms with Crippen molar-refractivity contribution in [1.29, 1.82) is 0 Å². The molecule has 0 atom stereocenters. The zero-order valence-corrected chi connectivity index (χ0v) is 16.3. The number of carbonyl (C=O) groups excluding carboxylic acids is 1. The molecule has 0 bridgehead atoms. The molecule has 0 aliphatic carbocycles. The average Bonchev–Trinajstić information content (AvgIpc) is 2.79. The van der Waals surface area contributed by atoms with Crippen LogP contribution in [0.1, 0.15) is 21.5 Å². The molecule has 0 aromatic heterocycles. The van der Waals surface area contributed by atoms with Gasteiger partial charge in [-0.1, -0.05) is 72.8 Å². The Labute approximate surface area is 174 Å². The van der Waals surface area contributed by atoms with Crippen molar-refractivity contribution in [3.63, 3.8) is 0 Å². The highest BCUT2D eigenvalue weighted by Crippen LogP contribution is 2.27. The van der Waals surface area contributed by atoms with E-state index in [1.54, 1.807) is 30.5 Å². The molecule has 0 saturated carbocycles. The molecule has 4 rings (SSSR count). The Morgan fingerprint density at radius 2 is 1.63 bits per heavy atom. The Bertz CT molecular complexity index is 1200. The van der Waals surface area contributed by atoms with Crippen LogP contribution in [0.15, 0.2) is 96.1 Å². The molecule has 0 aliphatic heterocycles. The fourth-order valence-electron chi connectivity index (χ4n) is 3.19. The van der Waals surface area contributed by atoms with Crippen molar-refractivity contribution in [2.45, 2.75) is 6.61 Å². The second-order valence-corrected chi connectivity index (χ2v) is 6.76. The molecule has 4 aromatic carbocycles. The Morgan fingerprint density at radius 3 is 2.47 bits per heavy atom. The molecule has 0 radical (unpaired) electrons. The molecular weight excluding hydrogens is 374 g/mol. The summed E-state index contributed by atoms with van der Waals surface area (Å²) in [5.74, 6) is 0.325. The van der Waals surface area contributed by atoms with Crippen LogP contribution < -0.4 is 15.9 Å². The summed E-state index contributed by atoms with van der Waals surface area (Å²) in [6, 6.07) is 28.7. The van der Waals surface area contributed by atoms with E-state index >= 15 is 0 Å². The molecule has 1 amide bonds. The summed E-state index contributed by atoms with van der Waals surface area (Å²) in [5, 5.41) is 6.21. The number of benzene rings is 4. The number of anilines is 1. The van der Waals surface area contributed by atoms with Crippen LogP contribution in [-0.4, -0.2) is 12.1 Å². The molecule has 0 saturated heterocycles. The minimum Gasteiger partial charge on any atom is -0.488 e. The average molecular weight is 395 g/mol. The lowest BCUT2D eigenvalue weighted by atomic mass is 10.0. The van der Waals surface area contributed by atoms with Gasteiger partial charge in [-0.2, -0.15) is 5.10 Å². The first kappa shape index (κ1) is 19.2. The van der Waals surface area contributed by atoms with Gasteiger partial charge in [-0.3, -0.25) is 4.79 Å². The topological polar surface area (TPSA) is 76.7 Å². The van der Waals surface area contributed by atoms with Crippen LogP contribution in [0.2, 0.25) is 0 Å². The predicted molar refractivity (Wildman–Crippen MR) is 121 cm³/mol. The fraction of sp³-hybridized carbons (Fsp3) is 0.0400. The van der Waals surface area contributed by atoms with Gasteiger partial charge in [0.15, 0.2) is 0 Å². The monoisotopic (exact) mass is 395 g/mol. The number of amides is 1. The Hall–Kier alpha value is -4.12. The van der Waals surface area contributed by atoms with Crippen LogP contribution in [0.5, 0.6) is 5.75 Å². The summed E-state index contributed by atoms with van der Waals surface area (Å²) < 4.78 is 6.07. The van der Waals surface area contributed by atoms with Crippen molar-refractivity contribution in [3.8, 4) is 5.75 Å². The van der Waals surface area contributed by atoms with Gasteiger partial charge in [-0.15, -0.1) is 0 Å². The lowest BCUT2D eigenvalue weighted by molar-refractivity contribution is 0.0956. The van der Waals surface area contributed by atoms with Crippen molar-refractivity contribution in [3.05, 3.63) is 108 Å². The molecule has 5 heteroatoms. The molecule has 0 spiro atoms. The van der Waals surface area contributed by atoms with Gasteiger partial charge >= 0.3 is 0 Å². The first-order valence-corrected chi connectivity index (χ1v) is 9.59. The number of para-hydroxylation sites is 1. The summed E-state index contributed by atoms with van der Waals surface area (Å²) >= 11 is 0.